The van der Waals surface area contributed by atoms with E-state index in [1.165, 1.54) is 7.11 Å². The van der Waals surface area contributed by atoms with Crippen molar-refractivity contribution in [2.24, 2.45) is 5.92 Å². The largest absolute Gasteiger partial charge is 0.467 e. The molecule has 0 heterocycles. The molecule has 5 nitrogen and oxygen atoms in total. The maximum absolute atomic E-state index is 11.8. The van der Waals surface area contributed by atoms with Crippen LogP contribution in [-0.4, -0.2) is 37.1 Å². The minimum atomic E-state index is -0.549. The first-order valence-electron chi connectivity index (χ1n) is 6.78. The van der Waals surface area contributed by atoms with Crippen LogP contribution in [0.25, 0.3) is 0 Å². The molecule has 0 saturated heterocycles. The van der Waals surface area contributed by atoms with Crippen LogP contribution in [0.15, 0.2) is 0 Å². The second-order valence-electron chi connectivity index (χ2n) is 6.20. The van der Waals surface area contributed by atoms with Crippen molar-refractivity contribution in [2.75, 3.05) is 13.7 Å². The smallest absolute Gasteiger partial charge is 0.328 e. The molecule has 0 aliphatic rings. The van der Waals surface area contributed by atoms with Gasteiger partial charge in [0.15, 0.2) is 0 Å². The van der Waals surface area contributed by atoms with Gasteiger partial charge in [-0.1, -0.05) is 13.8 Å². The molecule has 0 aliphatic heterocycles. The van der Waals surface area contributed by atoms with Crippen molar-refractivity contribution in [2.45, 2.75) is 59.0 Å². The third-order valence-corrected chi connectivity index (χ3v) is 2.54. The number of hydrogen-bond acceptors (Lipinski definition) is 4. The van der Waals surface area contributed by atoms with Crippen molar-refractivity contribution in [1.82, 2.24) is 10.6 Å². The van der Waals surface area contributed by atoms with Crippen LogP contribution < -0.4 is 10.6 Å². The molecule has 0 radical (unpaired) electrons. The molecule has 1 atom stereocenters. The summed E-state index contributed by atoms with van der Waals surface area (Å²) in [5.41, 5.74) is -0.0139. The fraction of sp³-hybridized carbons (Fsp3) is 0.857. The molecule has 2 N–H and O–H groups in total. The van der Waals surface area contributed by atoms with Crippen LogP contribution in [0.4, 0.5) is 0 Å². The molecule has 112 valence electrons. The van der Waals surface area contributed by atoms with E-state index in [-0.39, 0.29) is 17.4 Å². The van der Waals surface area contributed by atoms with Gasteiger partial charge in [0.25, 0.3) is 0 Å². The van der Waals surface area contributed by atoms with Crippen LogP contribution in [0, 0.1) is 5.92 Å². The lowest BCUT2D eigenvalue weighted by Crippen LogP contribution is -2.44. The second kappa shape index (κ2) is 8.15. The molecule has 0 fully saturated rings. The molecule has 19 heavy (non-hydrogen) atoms. The molecule has 1 unspecified atom stereocenters. The monoisotopic (exact) mass is 272 g/mol. The summed E-state index contributed by atoms with van der Waals surface area (Å²) in [5, 5.41) is 5.96. The molecule has 5 heteroatoms. The standard InChI is InChI=1S/C14H28N2O3/c1-10(2)9-11(13(18)19-6)16-12(17)7-8-15-14(3,4)5/h10-11,15H,7-9H2,1-6H3,(H,16,17). The zero-order valence-electron chi connectivity index (χ0n) is 13.0. The molecule has 0 aromatic rings. The second-order valence-corrected chi connectivity index (χ2v) is 6.20. The van der Waals surface area contributed by atoms with Crippen LogP contribution in [-0.2, 0) is 14.3 Å². The third kappa shape index (κ3) is 9.47. The predicted molar refractivity (Wildman–Crippen MR) is 75.8 cm³/mol. The lowest BCUT2D eigenvalue weighted by Gasteiger charge is -2.21. The third-order valence-electron chi connectivity index (χ3n) is 2.54. The van der Waals surface area contributed by atoms with E-state index in [0.717, 1.165) is 0 Å². The first-order valence-corrected chi connectivity index (χ1v) is 6.78. The fourth-order valence-corrected chi connectivity index (χ4v) is 1.65. The van der Waals surface area contributed by atoms with Crippen molar-refractivity contribution in [3.63, 3.8) is 0 Å². The van der Waals surface area contributed by atoms with E-state index >= 15 is 0 Å². The maximum atomic E-state index is 11.8. The Bertz CT molecular complexity index is 296. The summed E-state index contributed by atoms with van der Waals surface area (Å²) < 4.78 is 4.70. The van der Waals surface area contributed by atoms with Crippen LogP contribution in [0.1, 0.15) is 47.5 Å². The van der Waals surface area contributed by atoms with Gasteiger partial charge in [0.05, 0.1) is 7.11 Å². The van der Waals surface area contributed by atoms with Gasteiger partial charge in [-0.05, 0) is 33.1 Å². The summed E-state index contributed by atoms with van der Waals surface area (Å²) in [5.74, 6) is -0.198. The molecule has 0 rings (SSSR count). The Balaban J connectivity index is 4.20. The lowest BCUT2D eigenvalue weighted by atomic mass is 10.0. The number of hydrogen-bond donors (Lipinski definition) is 2. The van der Waals surface area contributed by atoms with Gasteiger partial charge in [-0.25, -0.2) is 4.79 Å². The van der Waals surface area contributed by atoms with E-state index in [4.69, 9.17) is 4.74 Å². The quantitative estimate of drug-likeness (QED) is 0.689. The minimum absolute atomic E-state index is 0.0139. The van der Waals surface area contributed by atoms with Crippen molar-refractivity contribution < 1.29 is 14.3 Å². The Morgan fingerprint density at radius 3 is 2.21 bits per heavy atom. The highest BCUT2D eigenvalue weighted by molar-refractivity contribution is 5.84. The average molecular weight is 272 g/mol. The van der Waals surface area contributed by atoms with Gasteiger partial charge in [-0.3, -0.25) is 4.79 Å². The molecular weight excluding hydrogens is 244 g/mol. The Morgan fingerprint density at radius 2 is 1.79 bits per heavy atom. The van der Waals surface area contributed by atoms with Crippen molar-refractivity contribution in [3.05, 3.63) is 0 Å². The Morgan fingerprint density at radius 1 is 1.21 bits per heavy atom. The zero-order chi connectivity index (χ0) is 15.1. The summed E-state index contributed by atoms with van der Waals surface area (Å²) in [6.07, 6.45) is 0.938. The summed E-state index contributed by atoms with van der Waals surface area (Å²) in [6, 6.07) is -0.549. The SMILES string of the molecule is COC(=O)C(CC(C)C)NC(=O)CCNC(C)(C)C. The fourth-order valence-electron chi connectivity index (χ4n) is 1.65. The van der Waals surface area contributed by atoms with Gasteiger partial charge >= 0.3 is 5.97 Å². The predicted octanol–water partition coefficient (Wildman–Crippen LogP) is 1.47. The van der Waals surface area contributed by atoms with E-state index in [9.17, 15) is 9.59 Å². The van der Waals surface area contributed by atoms with E-state index in [1.807, 2.05) is 34.6 Å². The summed E-state index contributed by atoms with van der Waals surface area (Å²) >= 11 is 0. The Labute approximate surface area is 116 Å². The average Bonchev–Trinajstić information content (AvgIpc) is 2.24. The van der Waals surface area contributed by atoms with E-state index in [1.54, 1.807) is 0 Å². The van der Waals surface area contributed by atoms with Gasteiger partial charge in [-0.2, -0.15) is 0 Å². The minimum Gasteiger partial charge on any atom is -0.467 e. The van der Waals surface area contributed by atoms with Crippen LogP contribution >= 0.6 is 0 Å². The van der Waals surface area contributed by atoms with Gasteiger partial charge in [0.1, 0.15) is 6.04 Å². The Hall–Kier alpha value is -1.10. The number of rotatable bonds is 7. The first kappa shape index (κ1) is 17.9. The molecule has 0 bridgehead atoms. The molecule has 0 aromatic carbocycles. The highest BCUT2D eigenvalue weighted by atomic mass is 16.5. The molecular formula is C14H28N2O3. The van der Waals surface area contributed by atoms with Crippen molar-refractivity contribution >= 4 is 11.9 Å². The number of amides is 1. The van der Waals surface area contributed by atoms with Gasteiger partial charge in [-0.15, -0.1) is 0 Å². The first-order chi connectivity index (χ1) is 8.65. The topological polar surface area (TPSA) is 67.4 Å². The summed E-state index contributed by atoms with van der Waals surface area (Å²) in [4.78, 5) is 23.3. The zero-order valence-corrected chi connectivity index (χ0v) is 13.0. The lowest BCUT2D eigenvalue weighted by molar-refractivity contribution is -0.145. The normalized spacial score (nSPS) is 13.2. The van der Waals surface area contributed by atoms with Crippen LogP contribution in [0.2, 0.25) is 0 Å². The van der Waals surface area contributed by atoms with Crippen molar-refractivity contribution in [1.29, 1.82) is 0 Å². The molecule has 0 aromatic heterocycles. The summed E-state index contributed by atoms with van der Waals surface area (Å²) in [6.45, 7) is 10.7. The van der Waals surface area contributed by atoms with Gasteiger partial charge in [0, 0.05) is 18.5 Å². The molecule has 0 aliphatic carbocycles. The van der Waals surface area contributed by atoms with Crippen molar-refractivity contribution in [3.8, 4) is 0 Å². The number of ether oxygens (including phenoxy) is 1. The van der Waals surface area contributed by atoms with Gasteiger partial charge < -0.3 is 15.4 Å². The number of carbonyl (C=O) groups excluding carboxylic acids is 2. The highest BCUT2D eigenvalue weighted by Gasteiger charge is 2.22. The van der Waals surface area contributed by atoms with Gasteiger partial charge in [0.2, 0.25) is 5.91 Å². The molecule has 0 spiro atoms. The number of methoxy groups -OCH3 is 1. The highest BCUT2D eigenvalue weighted by Crippen LogP contribution is 2.06. The van der Waals surface area contributed by atoms with E-state index < -0.39 is 6.04 Å². The van der Waals surface area contributed by atoms with Crippen LogP contribution in [0.3, 0.4) is 0 Å². The summed E-state index contributed by atoms with van der Waals surface area (Å²) in [7, 11) is 1.34. The number of esters is 1. The van der Waals surface area contributed by atoms with Crippen LogP contribution in [0.5, 0.6) is 0 Å². The molecule has 1 amide bonds. The van der Waals surface area contributed by atoms with E-state index in [2.05, 4.69) is 10.6 Å². The number of carbonyl (C=O) groups is 2. The number of nitrogens with one attached hydrogen (secondary N) is 2. The molecule has 0 saturated carbocycles. The maximum Gasteiger partial charge on any atom is 0.328 e. The Kier molecular flexibility index (Phi) is 7.68. The van der Waals surface area contributed by atoms with E-state index in [0.29, 0.717) is 25.3 Å².